The molecule has 3 aromatic rings. The lowest BCUT2D eigenvalue weighted by Crippen LogP contribution is -2.28. The van der Waals surface area contributed by atoms with Gasteiger partial charge >= 0.3 is 0 Å². The number of unbranched alkanes of at least 4 members (excludes halogenated alkanes) is 3. The molecule has 0 saturated carbocycles. The highest BCUT2D eigenvalue weighted by Gasteiger charge is 2.08. The number of benzene rings is 2. The van der Waals surface area contributed by atoms with Crippen LogP contribution in [0.2, 0.25) is 0 Å². The summed E-state index contributed by atoms with van der Waals surface area (Å²) in [5, 5.41) is 6.07. The Hall–Kier alpha value is -1.55. The smallest absolute Gasteiger partial charge is 0.0730 e. The van der Waals surface area contributed by atoms with Crippen molar-refractivity contribution in [3.8, 4) is 0 Å². The molecule has 0 aliphatic rings. The van der Waals surface area contributed by atoms with E-state index in [9.17, 15) is 0 Å². The third kappa shape index (κ3) is 5.73. The molecule has 2 aromatic carbocycles. The second-order valence-corrected chi connectivity index (χ2v) is 7.84. The first kappa shape index (κ1) is 21.2. The van der Waals surface area contributed by atoms with Gasteiger partial charge in [-0.25, -0.2) is 4.98 Å². The van der Waals surface area contributed by atoms with E-state index in [-0.39, 0.29) is 0 Å². The normalized spacial score (nSPS) is 11.5. The number of para-hydroxylation sites is 2. The number of anilines is 1. The minimum Gasteiger partial charge on any atom is -0.384 e. The molecule has 1 heterocycles. The molecule has 0 aliphatic heterocycles. The van der Waals surface area contributed by atoms with Gasteiger partial charge in [-0.05, 0) is 31.5 Å². The molecule has 0 amide bonds. The van der Waals surface area contributed by atoms with Crippen LogP contribution < -0.4 is 5.32 Å². The van der Waals surface area contributed by atoms with Gasteiger partial charge in [0.25, 0.3) is 0 Å². The number of aromatic nitrogens is 1. The molecule has 3 nitrogen and oxygen atoms in total. The molecule has 0 atom stereocenters. The summed E-state index contributed by atoms with van der Waals surface area (Å²) < 4.78 is 0. The van der Waals surface area contributed by atoms with E-state index in [1.165, 1.54) is 35.7 Å². The Bertz CT molecular complexity index is 809. The van der Waals surface area contributed by atoms with Gasteiger partial charge in [-0.15, -0.1) is 23.2 Å². The summed E-state index contributed by atoms with van der Waals surface area (Å²) in [6, 6.07) is 16.7. The monoisotopic (exact) mass is 417 g/mol. The van der Waals surface area contributed by atoms with Crippen molar-refractivity contribution in [3.05, 3.63) is 48.5 Å². The second kappa shape index (κ2) is 11.5. The van der Waals surface area contributed by atoms with Crippen LogP contribution in [0.1, 0.15) is 25.7 Å². The topological polar surface area (TPSA) is 28.2 Å². The Morgan fingerprint density at radius 2 is 1.29 bits per heavy atom. The van der Waals surface area contributed by atoms with E-state index in [1.807, 2.05) is 12.1 Å². The predicted molar refractivity (Wildman–Crippen MR) is 124 cm³/mol. The van der Waals surface area contributed by atoms with Crippen LogP contribution in [-0.4, -0.2) is 47.8 Å². The number of nitrogens with zero attached hydrogens (tertiary/aromatic N) is 2. The van der Waals surface area contributed by atoms with Crippen molar-refractivity contribution in [1.82, 2.24) is 9.88 Å². The molecule has 5 heteroatoms. The summed E-state index contributed by atoms with van der Waals surface area (Å²) in [4.78, 5) is 7.14. The van der Waals surface area contributed by atoms with E-state index >= 15 is 0 Å². The van der Waals surface area contributed by atoms with E-state index < -0.39 is 0 Å². The summed E-state index contributed by atoms with van der Waals surface area (Å²) in [7, 11) is 0. The number of fused-ring (bicyclic) bond motifs is 2. The van der Waals surface area contributed by atoms with Crippen molar-refractivity contribution in [1.29, 1.82) is 0 Å². The molecule has 0 fully saturated rings. The van der Waals surface area contributed by atoms with Crippen LogP contribution in [0.4, 0.5) is 5.69 Å². The fourth-order valence-electron chi connectivity index (χ4n) is 3.63. The average molecular weight is 418 g/mol. The average Bonchev–Trinajstić information content (AvgIpc) is 2.72. The zero-order valence-corrected chi connectivity index (χ0v) is 17.9. The summed E-state index contributed by atoms with van der Waals surface area (Å²) >= 11 is 11.7. The van der Waals surface area contributed by atoms with E-state index in [1.54, 1.807) is 0 Å². The number of alkyl halides is 2. The highest BCUT2D eigenvalue weighted by Crippen LogP contribution is 2.30. The van der Waals surface area contributed by atoms with Crippen LogP contribution in [-0.2, 0) is 0 Å². The predicted octanol–water partition coefficient (Wildman–Crippen LogP) is 6.14. The number of pyridine rings is 1. The van der Waals surface area contributed by atoms with E-state index in [0.29, 0.717) is 11.8 Å². The summed E-state index contributed by atoms with van der Waals surface area (Å²) in [5.41, 5.74) is 3.29. The third-order valence-corrected chi connectivity index (χ3v) is 5.43. The number of rotatable bonds is 12. The van der Waals surface area contributed by atoms with Crippen LogP contribution in [0.15, 0.2) is 48.5 Å². The van der Waals surface area contributed by atoms with E-state index in [2.05, 4.69) is 46.6 Å². The third-order valence-electron chi connectivity index (χ3n) is 5.09. The molecule has 0 radical (unpaired) electrons. The summed E-state index contributed by atoms with van der Waals surface area (Å²) in [5.74, 6) is 1.35. The second-order valence-electron chi connectivity index (χ2n) is 7.08. The molecule has 0 bridgehead atoms. The van der Waals surface area contributed by atoms with Gasteiger partial charge in [-0.2, -0.15) is 0 Å². The van der Waals surface area contributed by atoms with E-state index in [4.69, 9.17) is 28.2 Å². The Morgan fingerprint density at radius 3 is 1.89 bits per heavy atom. The first-order valence-corrected chi connectivity index (χ1v) is 11.3. The van der Waals surface area contributed by atoms with Crippen LogP contribution in [0, 0.1) is 0 Å². The van der Waals surface area contributed by atoms with Gasteiger partial charge in [0.15, 0.2) is 0 Å². The molecule has 0 spiro atoms. The molecule has 0 unspecified atom stereocenters. The van der Waals surface area contributed by atoms with Gasteiger partial charge in [-0.1, -0.05) is 49.2 Å². The Kier molecular flexibility index (Phi) is 8.66. The van der Waals surface area contributed by atoms with Gasteiger partial charge < -0.3 is 10.2 Å². The Balaban J connectivity index is 1.51. The molecule has 0 saturated heterocycles. The molecule has 150 valence electrons. The molecule has 1 N–H and O–H groups in total. The maximum absolute atomic E-state index is 5.86. The highest BCUT2D eigenvalue weighted by atomic mass is 35.5. The number of hydrogen-bond donors (Lipinski definition) is 1. The Morgan fingerprint density at radius 1 is 0.714 bits per heavy atom. The molecule has 28 heavy (non-hydrogen) atoms. The zero-order chi connectivity index (χ0) is 19.6. The first-order valence-electron chi connectivity index (χ1n) is 10.2. The zero-order valence-electron chi connectivity index (χ0n) is 16.3. The van der Waals surface area contributed by atoms with E-state index in [0.717, 1.165) is 43.6 Å². The highest BCUT2D eigenvalue weighted by molar-refractivity contribution is 6.18. The number of hydrogen-bond acceptors (Lipinski definition) is 3. The number of nitrogens with one attached hydrogen (secondary N) is 1. The molecule has 0 aliphatic carbocycles. The standard InChI is InChI=1S/C23H29Cl2N3/c24-13-17-28(18-14-25)16-8-2-1-7-15-26-23-19-9-3-5-11-21(19)27-22-12-6-4-10-20(22)23/h3-6,9-12H,1-2,7-8,13-18H2,(H,26,27). The maximum atomic E-state index is 5.86. The lowest BCUT2D eigenvalue weighted by atomic mass is 10.1. The van der Waals surface area contributed by atoms with Gasteiger partial charge in [-0.3, -0.25) is 0 Å². The number of halogens is 2. The fraction of sp³-hybridized carbons (Fsp3) is 0.435. The largest absolute Gasteiger partial charge is 0.384 e. The molecule has 3 rings (SSSR count). The van der Waals surface area contributed by atoms with Gasteiger partial charge in [0.2, 0.25) is 0 Å². The lowest BCUT2D eigenvalue weighted by Gasteiger charge is -2.19. The molecular formula is C23H29Cl2N3. The van der Waals surface area contributed by atoms with Crippen molar-refractivity contribution < 1.29 is 0 Å². The molecular weight excluding hydrogens is 389 g/mol. The Labute approximate surface area is 178 Å². The minimum absolute atomic E-state index is 0.675. The summed E-state index contributed by atoms with van der Waals surface area (Å²) in [6.07, 6.45) is 4.83. The summed E-state index contributed by atoms with van der Waals surface area (Å²) in [6.45, 7) is 3.92. The SMILES string of the molecule is ClCCN(CCCl)CCCCCCNc1c2ccccc2nc2ccccc12. The van der Waals surface area contributed by atoms with Crippen LogP contribution >= 0.6 is 23.2 Å². The van der Waals surface area contributed by atoms with Crippen LogP contribution in [0.5, 0.6) is 0 Å². The van der Waals surface area contributed by atoms with Crippen LogP contribution in [0.25, 0.3) is 21.8 Å². The van der Waals surface area contributed by atoms with Crippen molar-refractivity contribution in [2.24, 2.45) is 0 Å². The maximum Gasteiger partial charge on any atom is 0.0730 e. The quantitative estimate of drug-likeness (QED) is 0.218. The van der Waals surface area contributed by atoms with Crippen molar-refractivity contribution in [2.75, 3.05) is 43.3 Å². The van der Waals surface area contributed by atoms with Crippen LogP contribution in [0.3, 0.4) is 0 Å². The fourth-order valence-corrected chi connectivity index (χ4v) is 4.11. The van der Waals surface area contributed by atoms with Gasteiger partial charge in [0, 0.05) is 42.2 Å². The van der Waals surface area contributed by atoms with Crippen molar-refractivity contribution in [2.45, 2.75) is 25.7 Å². The lowest BCUT2D eigenvalue weighted by molar-refractivity contribution is 0.299. The first-order chi connectivity index (χ1) is 13.8. The van der Waals surface area contributed by atoms with Crippen molar-refractivity contribution in [3.63, 3.8) is 0 Å². The molecule has 1 aromatic heterocycles. The van der Waals surface area contributed by atoms with Gasteiger partial charge in [0.05, 0.1) is 16.7 Å². The van der Waals surface area contributed by atoms with Crippen molar-refractivity contribution >= 4 is 50.7 Å². The van der Waals surface area contributed by atoms with Gasteiger partial charge in [0.1, 0.15) is 0 Å². The minimum atomic E-state index is 0.675.